The van der Waals surface area contributed by atoms with Crippen molar-refractivity contribution in [2.24, 2.45) is 0 Å². The van der Waals surface area contributed by atoms with Gasteiger partial charge >= 0.3 is 12.1 Å². The Labute approximate surface area is 193 Å². The summed E-state index contributed by atoms with van der Waals surface area (Å²) in [5.41, 5.74) is 0.906. The van der Waals surface area contributed by atoms with Crippen LogP contribution in [0.3, 0.4) is 0 Å². The first-order valence-corrected chi connectivity index (χ1v) is 11.6. The van der Waals surface area contributed by atoms with E-state index >= 15 is 0 Å². The molecule has 0 aromatic heterocycles. The Hall–Kier alpha value is -2.78. The number of hydrogen-bond acceptors (Lipinski definition) is 6. The van der Waals surface area contributed by atoms with Gasteiger partial charge in [0.2, 0.25) is 0 Å². The summed E-state index contributed by atoms with van der Waals surface area (Å²) < 4.78 is 38.2. The molecule has 0 aliphatic rings. The third kappa shape index (κ3) is 7.42. The van der Waals surface area contributed by atoms with E-state index in [-0.39, 0.29) is 11.3 Å². The maximum absolute atomic E-state index is 12.8. The Morgan fingerprint density at radius 3 is 2.28 bits per heavy atom. The highest BCUT2D eigenvalue weighted by Gasteiger charge is 2.26. The first-order valence-electron chi connectivity index (χ1n) is 9.76. The first-order chi connectivity index (χ1) is 14.8. The Bertz CT molecular complexity index is 1080. The Morgan fingerprint density at radius 1 is 1.09 bits per heavy atom. The number of methoxy groups -OCH3 is 1. The highest BCUT2D eigenvalue weighted by molar-refractivity contribution is 7.92. The van der Waals surface area contributed by atoms with Crippen molar-refractivity contribution in [2.45, 2.75) is 50.7 Å². The number of anilines is 1. The molecule has 2 aromatic carbocycles. The van der Waals surface area contributed by atoms with Crippen LogP contribution in [0.15, 0.2) is 47.4 Å². The van der Waals surface area contributed by atoms with E-state index in [0.717, 1.165) is 5.56 Å². The smallest absolute Gasteiger partial charge is 0.408 e. The number of sulfonamides is 1. The van der Waals surface area contributed by atoms with Gasteiger partial charge in [-0.3, -0.25) is 4.72 Å². The van der Waals surface area contributed by atoms with Crippen molar-refractivity contribution in [1.29, 1.82) is 0 Å². The topological polar surface area (TPSA) is 111 Å². The molecular formula is C22H27ClN2O6S. The monoisotopic (exact) mass is 482 g/mol. The lowest BCUT2D eigenvalue weighted by molar-refractivity contribution is -0.143. The molecule has 174 valence electrons. The second-order valence-corrected chi connectivity index (χ2v) is 10.2. The number of benzene rings is 2. The fourth-order valence-electron chi connectivity index (χ4n) is 2.77. The van der Waals surface area contributed by atoms with Crippen LogP contribution in [0, 0.1) is 6.92 Å². The lowest BCUT2D eigenvalue weighted by Crippen LogP contribution is -2.45. The summed E-state index contributed by atoms with van der Waals surface area (Å²) in [7, 11) is -2.69. The zero-order valence-corrected chi connectivity index (χ0v) is 20.1. The Balaban J connectivity index is 2.28. The number of rotatable bonds is 7. The standard InChI is InChI=1S/C22H27ClN2O6S/c1-14-6-11-18(32(28,29)25-17-9-7-16(23)8-10-17)12-15(14)13-19(20(26)30-5)24-21(27)31-22(2,3)4/h6-12,19,25H,13H2,1-5H3,(H,24,27)/t19-/m0/s1. The average molecular weight is 483 g/mol. The zero-order chi connectivity index (χ0) is 24.1. The molecule has 0 spiro atoms. The molecule has 0 saturated heterocycles. The van der Waals surface area contributed by atoms with Gasteiger partial charge in [0.15, 0.2) is 0 Å². The van der Waals surface area contributed by atoms with Crippen LogP contribution in [0.4, 0.5) is 10.5 Å². The van der Waals surface area contributed by atoms with Crippen molar-refractivity contribution < 1.29 is 27.5 Å². The second kappa shape index (κ2) is 10.2. The van der Waals surface area contributed by atoms with Crippen LogP contribution < -0.4 is 10.0 Å². The largest absolute Gasteiger partial charge is 0.467 e. The summed E-state index contributed by atoms with van der Waals surface area (Å²) in [5.74, 6) is -0.678. The quantitative estimate of drug-likeness (QED) is 0.576. The van der Waals surface area contributed by atoms with Crippen molar-refractivity contribution in [3.8, 4) is 0 Å². The molecule has 1 atom stereocenters. The van der Waals surface area contributed by atoms with Gasteiger partial charge in [0.05, 0.1) is 12.0 Å². The van der Waals surface area contributed by atoms with E-state index in [1.165, 1.54) is 19.2 Å². The molecule has 10 heteroatoms. The number of nitrogens with one attached hydrogen (secondary N) is 2. The van der Waals surface area contributed by atoms with Gasteiger partial charge in [0.1, 0.15) is 11.6 Å². The highest BCUT2D eigenvalue weighted by atomic mass is 35.5. The van der Waals surface area contributed by atoms with Crippen molar-refractivity contribution in [1.82, 2.24) is 5.32 Å². The van der Waals surface area contributed by atoms with Gasteiger partial charge in [-0.2, -0.15) is 0 Å². The van der Waals surface area contributed by atoms with Crippen LogP contribution >= 0.6 is 11.6 Å². The van der Waals surface area contributed by atoms with Crippen LogP contribution in [-0.4, -0.2) is 39.2 Å². The van der Waals surface area contributed by atoms with Gasteiger partial charge in [-0.1, -0.05) is 17.7 Å². The van der Waals surface area contributed by atoms with Crippen molar-refractivity contribution in [3.63, 3.8) is 0 Å². The summed E-state index contributed by atoms with van der Waals surface area (Å²) in [5, 5.41) is 2.97. The minimum atomic E-state index is -3.90. The molecular weight excluding hydrogens is 456 g/mol. The van der Waals surface area contributed by atoms with E-state index in [4.69, 9.17) is 21.1 Å². The molecule has 0 saturated carbocycles. The molecule has 2 aromatic rings. The van der Waals surface area contributed by atoms with Gasteiger partial charge < -0.3 is 14.8 Å². The van der Waals surface area contributed by atoms with Crippen LogP contribution in [0.2, 0.25) is 5.02 Å². The van der Waals surface area contributed by atoms with Crippen LogP contribution in [0.5, 0.6) is 0 Å². The predicted octanol–water partition coefficient (Wildman–Crippen LogP) is 4.06. The van der Waals surface area contributed by atoms with Gasteiger partial charge in [-0.05, 0) is 75.2 Å². The van der Waals surface area contributed by atoms with E-state index in [1.54, 1.807) is 58.0 Å². The van der Waals surface area contributed by atoms with Crippen LogP contribution in [-0.2, 0) is 30.7 Å². The molecule has 0 unspecified atom stereocenters. The summed E-state index contributed by atoms with van der Waals surface area (Å²) in [6.45, 7) is 6.88. The van der Waals surface area contributed by atoms with E-state index in [2.05, 4.69) is 10.0 Å². The highest BCUT2D eigenvalue weighted by Crippen LogP contribution is 2.22. The van der Waals surface area contributed by atoms with E-state index in [0.29, 0.717) is 16.3 Å². The maximum atomic E-state index is 12.8. The SMILES string of the molecule is COC(=O)[C@H](Cc1cc(S(=O)(=O)Nc2ccc(Cl)cc2)ccc1C)NC(=O)OC(C)(C)C. The normalized spacial score (nSPS) is 12.6. The summed E-state index contributed by atoms with van der Waals surface area (Å²) in [6.07, 6.45) is -0.763. The number of aryl methyl sites for hydroxylation is 1. The van der Waals surface area contributed by atoms with E-state index < -0.39 is 33.7 Å². The number of halogens is 1. The average Bonchev–Trinajstić information content (AvgIpc) is 2.68. The van der Waals surface area contributed by atoms with E-state index in [9.17, 15) is 18.0 Å². The van der Waals surface area contributed by atoms with Crippen LogP contribution in [0.25, 0.3) is 0 Å². The lowest BCUT2D eigenvalue weighted by atomic mass is 10.0. The molecule has 0 bridgehead atoms. The third-order valence-electron chi connectivity index (χ3n) is 4.33. The minimum Gasteiger partial charge on any atom is -0.467 e. The summed E-state index contributed by atoms with van der Waals surface area (Å²) in [4.78, 5) is 24.4. The zero-order valence-electron chi connectivity index (χ0n) is 18.6. The molecule has 0 heterocycles. The molecule has 2 N–H and O–H groups in total. The number of carbonyl (C=O) groups excluding carboxylic acids is 2. The second-order valence-electron chi connectivity index (χ2n) is 8.13. The third-order valence-corrected chi connectivity index (χ3v) is 5.96. The molecule has 0 radical (unpaired) electrons. The van der Waals surface area contributed by atoms with Crippen molar-refractivity contribution >= 4 is 39.4 Å². The molecule has 32 heavy (non-hydrogen) atoms. The molecule has 2 rings (SSSR count). The molecule has 1 amide bonds. The summed E-state index contributed by atoms with van der Waals surface area (Å²) in [6, 6.07) is 9.74. The Morgan fingerprint density at radius 2 is 1.72 bits per heavy atom. The molecule has 0 aliphatic heterocycles. The van der Waals surface area contributed by atoms with E-state index in [1.807, 2.05) is 0 Å². The van der Waals surface area contributed by atoms with Gasteiger partial charge in [0, 0.05) is 17.1 Å². The molecule has 0 aliphatic carbocycles. The number of esters is 1. The minimum absolute atomic E-state index is 0.00827. The first kappa shape index (κ1) is 25.5. The van der Waals surface area contributed by atoms with Crippen LogP contribution in [0.1, 0.15) is 31.9 Å². The predicted molar refractivity (Wildman–Crippen MR) is 122 cm³/mol. The number of carbonyl (C=O) groups is 2. The van der Waals surface area contributed by atoms with Gasteiger partial charge in [0.25, 0.3) is 10.0 Å². The molecule has 8 nitrogen and oxygen atoms in total. The summed E-state index contributed by atoms with van der Waals surface area (Å²) >= 11 is 5.84. The van der Waals surface area contributed by atoms with Gasteiger partial charge in [-0.25, -0.2) is 18.0 Å². The van der Waals surface area contributed by atoms with Crippen molar-refractivity contribution in [2.75, 3.05) is 11.8 Å². The fraction of sp³-hybridized carbons (Fsp3) is 0.364. The molecule has 0 fully saturated rings. The number of amides is 1. The maximum Gasteiger partial charge on any atom is 0.408 e. The lowest BCUT2D eigenvalue weighted by Gasteiger charge is -2.23. The fourth-order valence-corrected chi connectivity index (χ4v) is 4.01. The number of alkyl carbamates (subject to hydrolysis) is 1. The number of hydrogen-bond donors (Lipinski definition) is 2. The van der Waals surface area contributed by atoms with Gasteiger partial charge in [-0.15, -0.1) is 0 Å². The van der Waals surface area contributed by atoms with Crippen molar-refractivity contribution in [3.05, 3.63) is 58.6 Å². The Kier molecular flexibility index (Phi) is 8.14. The number of ether oxygens (including phenoxy) is 2.